The highest BCUT2D eigenvalue weighted by Crippen LogP contribution is 2.33. The SMILES string of the molecule is O=C1CCc2ccccc2N1C1CCN(CCCCN2C(=O)c3ccccc3S2(=O)=O)CC1. The van der Waals surface area contributed by atoms with Crippen molar-refractivity contribution < 1.29 is 18.0 Å². The monoisotopic (exact) mass is 467 g/mol. The van der Waals surface area contributed by atoms with Gasteiger partial charge in [-0.3, -0.25) is 9.59 Å². The number of benzene rings is 2. The van der Waals surface area contributed by atoms with Gasteiger partial charge in [-0.25, -0.2) is 12.7 Å². The van der Waals surface area contributed by atoms with E-state index in [1.54, 1.807) is 18.2 Å². The molecule has 3 aliphatic heterocycles. The van der Waals surface area contributed by atoms with Gasteiger partial charge in [0.05, 0.1) is 5.56 Å². The van der Waals surface area contributed by atoms with Crippen molar-refractivity contribution in [1.82, 2.24) is 9.21 Å². The number of fused-ring (bicyclic) bond motifs is 2. The molecule has 0 N–H and O–H groups in total. The number of rotatable bonds is 6. The first-order chi connectivity index (χ1) is 16.0. The smallest absolute Gasteiger partial charge is 0.269 e. The van der Waals surface area contributed by atoms with Gasteiger partial charge in [0.25, 0.3) is 15.9 Å². The van der Waals surface area contributed by atoms with Crippen molar-refractivity contribution in [3.05, 3.63) is 59.7 Å². The molecule has 0 radical (unpaired) electrons. The number of hydrogen-bond donors (Lipinski definition) is 0. The molecule has 0 spiro atoms. The lowest BCUT2D eigenvalue weighted by Gasteiger charge is -2.41. The summed E-state index contributed by atoms with van der Waals surface area (Å²) < 4.78 is 26.3. The minimum atomic E-state index is -3.72. The molecule has 2 aromatic carbocycles. The molecule has 33 heavy (non-hydrogen) atoms. The molecule has 0 unspecified atom stereocenters. The fraction of sp³-hybridized carbons (Fsp3) is 0.440. The molecular formula is C25H29N3O4S. The summed E-state index contributed by atoms with van der Waals surface area (Å²) in [7, 11) is -3.72. The Labute approximate surface area is 195 Å². The van der Waals surface area contributed by atoms with E-state index in [9.17, 15) is 18.0 Å². The highest BCUT2D eigenvalue weighted by atomic mass is 32.2. The number of aryl methyl sites for hydroxylation is 1. The summed E-state index contributed by atoms with van der Waals surface area (Å²) in [5, 5.41) is 0. The van der Waals surface area contributed by atoms with E-state index in [1.165, 1.54) is 11.6 Å². The lowest BCUT2D eigenvalue weighted by molar-refractivity contribution is -0.119. The molecule has 0 bridgehead atoms. The number of unbranched alkanes of at least 4 members (excludes halogenated alkanes) is 1. The molecule has 3 heterocycles. The summed E-state index contributed by atoms with van der Waals surface area (Å²) in [5.41, 5.74) is 2.60. The van der Waals surface area contributed by atoms with Crippen LogP contribution in [0.5, 0.6) is 0 Å². The van der Waals surface area contributed by atoms with Crippen LogP contribution in [-0.2, 0) is 21.2 Å². The molecule has 1 fully saturated rings. The third-order valence-corrected chi connectivity index (χ3v) is 8.89. The predicted octanol–water partition coefficient (Wildman–Crippen LogP) is 3.06. The van der Waals surface area contributed by atoms with Crippen molar-refractivity contribution in [1.29, 1.82) is 0 Å². The maximum absolute atomic E-state index is 12.7. The molecule has 3 aliphatic rings. The van der Waals surface area contributed by atoms with Crippen LogP contribution in [0.3, 0.4) is 0 Å². The van der Waals surface area contributed by atoms with Gasteiger partial charge in [-0.2, -0.15) is 0 Å². The lowest BCUT2D eigenvalue weighted by Crippen LogP contribution is -2.49. The number of carbonyl (C=O) groups is 2. The largest absolute Gasteiger partial charge is 0.309 e. The van der Waals surface area contributed by atoms with E-state index in [-0.39, 0.29) is 29.0 Å². The molecule has 2 amide bonds. The summed E-state index contributed by atoms with van der Waals surface area (Å²) >= 11 is 0. The van der Waals surface area contributed by atoms with Gasteiger partial charge < -0.3 is 9.80 Å². The van der Waals surface area contributed by atoms with Gasteiger partial charge in [-0.1, -0.05) is 30.3 Å². The lowest BCUT2D eigenvalue weighted by atomic mass is 9.95. The second-order valence-corrected chi connectivity index (χ2v) is 10.9. The Morgan fingerprint density at radius 2 is 1.55 bits per heavy atom. The van der Waals surface area contributed by atoms with Gasteiger partial charge in [0.15, 0.2) is 0 Å². The fourth-order valence-electron chi connectivity index (χ4n) is 5.30. The highest BCUT2D eigenvalue weighted by Gasteiger charge is 2.40. The Bertz CT molecular complexity index is 1170. The first-order valence-corrected chi connectivity index (χ1v) is 13.2. The van der Waals surface area contributed by atoms with Gasteiger partial charge in [0.2, 0.25) is 5.91 Å². The van der Waals surface area contributed by atoms with E-state index < -0.39 is 15.9 Å². The van der Waals surface area contributed by atoms with Crippen LogP contribution < -0.4 is 4.90 Å². The van der Waals surface area contributed by atoms with Gasteiger partial charge in [0, 0.05) is 37.8 Å². The molecule has 7 nitrogen and oxygen atoms in total. The Kier molecular flexibility index (Phi) is 5.97. The zero-order chi connectivity index (χ0) is 23.0. The number of piperidine rings is 1. The van der Waals surface area contributed by atoms with E-state index in [2.05, 4.69) is 17.0 Å². The minimum Gasteiger partial charge on any atom is -0.309 e. The van der Waals surface area contributed by atoms with Crippen molar-refractivity contribution in [3.63, 3.8) is 0 Å². The molecule has 2 aromatic rings. The van der Waals surface area contributed by atoms with Crippen LogP contribution in [0, 0.1) is 0 Å². The maximum Gasteiger partial charge on any atom is 0.269 e. The summed E-state index contributed by atoms with van der Waals surface area (Å²) in [6, 6.07) is 14.9. The normalized spacial score (nSPS) is 20.7. The second-order valence-electron chi connectivity index (χ2n) is 9.05. The number of anilines is 1. The van der Waals surface area contributed by atoms with E-state index >= 15 is 0 Å². The molecular weight excluding hydrogens is 438 g/mol. The van der Waals surface area contributed by atoms with Gasteiger partial charge in [-0.15, -0.1) is 0 Å². The molecule has 0 atom stereocenters. The molecule has 8 heteroatoms. The van der Waals surface area contributed by atoms with E-state index in [0.29, 0.717) is 12.8 Å². The number of hydrogen-bond acceptors (Lipinski definition) is 5. The average molecular weight is 468 g/mol. The van der Waals surface area contributed by atoms with E-state index in [0.717, 1.165) is 55.3 Å². The quantitative estimate of drug-likeness (QED) is 0.611. The van der Waals surface area contributed by atoms with Crippen molar-refractivity contribution in [3.8, 4) is 0 Å². The van der Waals surface area contributed by atoms with Crippen LogP contribution >= 0.6 is 0 Å². The standard InChI is InChI=1S/C25H29N3O4S/c29-24-12-11-19-7-1-3-9-22(19)28(24)20-13-17-26(18-14-20)15-5-6-16-27-25(30)21-8-2-4-10-23(21)33(27,31)32/h1-4,7-10,20H,5-6,11-18H2. The molecule has 1 saturated heterocycles. The number of carbonyl (C=O) groups excluding carboxylic acids is 2. The van der Waals surface area contributed by atoms with Gasteiger partial charge >= 0.3 is 0 Å². The van der Waals surface area contributed by atoms with Crippen molar-refractivity contribution in [2.75, 3.05) is 31.1 Å². The second kappa shape index (κ2) is 8.91. The number of sulfonamides is 1. The van der Waals surface area contributed by atoms with E-state index in [1.807, 2.05) is 17.0 Å². The van der Waals surface area contributed by atoms with Crippen LogP contribution in [0.15, 0.2) is 53.4 Å². The topological polar surface area (TPSA) is 78.0 Å². The third-order valence-electron chi connectivity index (χ3n) is 7.05. The zero-order valence-corrected chi connectivity index (χ0v) is 19.5. The highest BCUT2D eigenvalue weighted by molar-refractivity contribution is 7.90. The number of amides is 2. The Balaban J connectivity index is 1.11. The summed E-state index contributed by atoms with van der Waals surface area (Å²) in [4.78, 5) is 29.7. The van der Waals surface area contributed by atoms with E-state index in [4.69, 9.17) is 0 Å². The Morgan fingerprint density at radius 3 is 2.33 bits per heavy atom. The predicted molar refractivity (Wildman–Crippen MR) is 126 cm³/mol. The first kappa shape index (κ1) is 22.1. The maximum atomic E-state index is 12.7. The average Bonchev–Trinajstić information content (AvgIpc) is 3.03. The number of likely N-dealkylation sites (tertiary alicyclic amines) is 1. The molecule has 0 saturated carbocycles. The van der Waals surface area contributed by atoms with Crippen LogP contribution in [-0.4, -0.2) is 61.7 Å². The third kappa shape index (κ3) is 4.06. The molecule has 0 aliphatic carbocycles. The summed E-state index contributed by atoms with van der Waals surface area (Å²) in [6.45, 7) is 2.92. The Morgan fingerprint density at radius 1 is 0.848 bits per heavy atom. The first-order valence-electron chi connectivity index (χ1n) is 11.8. The van der Waals surface area contributed by atoms with Gasteiger partial charge in [-0.05, 0) is 62.4 Å². The number of nitrogens with zero attached hydrogens (tertiary/aromatic N) is 3. The molecule has 0 aromatic heterocycles. The zero-order valence-electron chi connectivity index (χ0n) is 18.7. The summed E-state index contributed by atoms with van der Waals surface area (Å²) in [6.07, 6.45) is 4.75. The van der Waals surface area contributed by atoms with Crippen LogP contribution in [0.25, 0.3) is 0 Å². The van der Waals surface area contributed by atoms with Crippen molar-refractivity contribution in [2.45, 2.75) is 49.5 Å². The van der Waals surface area contributed by atoms with Crippen LogP contribution in [0.4, 0.5) is 5.69 Å². The fourth-order valence-corrected chi connectivity index (χ4v) is 6.91. The summed E-state index contributed by atoms with van der Waals surface area (Å²) in [5.74, 6) is -0.192. The molecule has 5 rings (SSSR count). The van der Waals surface area contributed by atoms with Gasteiger partial charge in [0.1, 0.15) is 4.90 Å². The minimum absolute atomic E-state index is 0.117. The Hall–Kier alpha value is -2.71. The van der Waals surface area contributed by atoms with Crippen molar-refractivity contribution in [2.24, 2.45) is 0 Å². The van der Waals surface area contributed by atoms with Crippen LogP contribution in [0.2, 0.25) is 0 Å². The molecule has 174 valence electrons. The number of para-hydroxylation sites is 1. The van der Waals surface area contributed by atoms with Crippen LogP contribution in [0.1, 0.15) is 48.0 Å². The van der Waals surface area contributed by atoms with Crippen molar-refractivity contribution >= 4 is 27.5 Å².